The van der Waals surface area contributed by atoms with E-state index in [1.54, 1.807) is 0 Å². The van der Waals surface area contributed by atoms with Crippen LogP contribution in [0.25, 0.3) is 11.1 Å². The fraction of sp³-hybridized carbons (Fsp3) is 0. The van der Waals surface area contributed by atoms with Crippen LogP contribution in [0.15, 0.2) is 84.9 Å². The number of hydrogen-bond donors (Lipinski definition) is 0. The molecule has 20 heavy (non-hydrogen) atoms. The minimum absolute atomic E-state index is 0.867. The summed E-state index contributed by atoms with van der Waals surface area (Å²) in [5.74, 6) is 0. The molecule has 0 spiro atoms. The summed E-state index contributed by atoms with van der Waals surface area (Å²) < 4.78 is 12.4. The molecule has 0 bridgehead atoms. The predicted octanol–water partition coefficient (Wildman–Crippen LogP) is 4.13. The van der Waals surface area contributed by atoms with Crippen molar-refractivity contribution >= 4 is 18.4 Å². The van der Waals surface area contributed by atoms with Gasteiger partial charge >= 0.3 is 0 Å². The molecule has 3 aromatic rings. The van der Waals surface area contributed by atoms with Gasteiger partial charge in [0.2, 0.25) is 0 Å². The molecular weight excluding hydrogens is 263 g/mol. The smallest absolute Gasteiger partial charge is 0.136 e. The van der Waals surface area contributed by atoms with E-state index in [9.17, 15) is 4.57 Å². The van der Waals surface area contributed by atoms with Gasteiger partial charge in [0, 0.05) is 10.6 Å². The maximum Gasteiger partial charge on any atom is 0.136 e. The molecule has 0 fully saturated rings. The molecule has 3 rings (SSSR count). The van der Waals surface area contributed by atoms with Crippen LogP contribution < -0.4 is 10.6 Å². The summed E-state index contributed by atoms with van der Waals surface area (Å²) in [6.45, 7) is 0. The summed E-state index contributed by atoms with van der Waals surface area (Å²) in [5.41, 5.74) is 2.32. The third kappa shape index (κ3) is 2.68. The van der Waals surface area contributed by atoms with Crippen LogP contribution in [0.4, 0.5) is 0 Å². The first-order valence-electron chi connectivity index (χ1n) is 6.52. The molecule has 1 unspecified atom stereocenters. The van der Waals surface area contributed by atoms with E-state index < -0.39 is 7.80 Å². The molecule has 1 atom stereocenters. The fourth-order valence-corrected chi connectivity index (χ4v) is 3.29. The van der Waals surface area contributed by atoms with E-state index in [1.165, 1.54) is 5.56 Å². The molecule has 0 heterocycles. The summed E-state index contributed by atoms with van der Waals surface area (Å²) in [6.07, 6.45) is 0. The van der Waals surface area contributed by atoms with Gasteiger partial charge in [0.05, 0.1) is 0 Å². The lowest BCUT2D eigenvalue weighted by Crippen LogP contribution is -2.05. The topological polar surface area (TPSA) is 17.1 Å². The Morgan fingerprint density at radius 2 is 0.950 bits per heavy atom. The molecule has 0 N–H and O–H groups in total. The first kappa shape index (κ1) is 12.8. The average Bonchev–Trinajstić information content (AvgIpc) is 2.56. The van der Waals surface area contributed by atoms with Crippen molar-refractivity contribution in [1.82, 2.24) is 0 Å². The van der Waals surface area contributed by atoms with Gasteiger partial charge in [0.15, 0.2) is 0 Å². The summed E-state index contributed by atoms with van der Waals surface area (Å²) >= 11 is 0. The minimum Gasteiger partial charge on any atom is -0.277 e. The number of rotatable bonds is 3. The van der Waals surface area contributed by atoms with Crippen LogP contribution in [-0.4, -0.2) is 0 Å². The third-order valence-electron chi connectivity index (χ3n) is 3.20. The maximum atomic E-state index is 12.4. The van der Waals surface area contributed by atoms with Crippen LogP contribution in [0, 0.1) is 0 Å². The lowest BCUT2D eigenvalue weighted by Gasteiger charge is -2.04. The zero-order chi connectivity index (χ0) is 13.8. The van der Waals surface area contributed by atoms with E-state index in [4.69, 9.17) is 0 Å². The highest BCUT2D eigenvalue weighted by atomic mass is 31.1. The fourth-order valence-electron chi connectivity index (χ4n) is 2.13. The van der Waals surface area contributed by atoms with Gasteiger partial charge in [-0.15, -0.1) is 0 Å². The van der Waals surface area contributed by atoms with E-state index in [0.717, 1.165) is 16.2 Å². The lowest BCUT2D eigenvalue weighted by atomic mass is 10.1. The normalized spacial score (nSPS) is 11.1. The molecule has 1 nitrogen and oxygen atoms in total. The molecule has 0 aliphatic heterocycles. The van der Waals surface area contributed by atoms with Crippen LogP contribution in [0.3, 0.4) is 0 Å². The molecule has 3 aromatic carbocycles. The van der Waals surface area contributed by atoms with E-state index in [0.29, 0.717) is 0 Å². The largest absolute Gasteiger partial charge is 0.277 e. The van der Waals surface area contributed by atoms with Crippen LogP contribution in [-0.2, 0) is 4.57 Å². The molecular formula is C18H14OP. The van der Waals surface area contributed by atoms with Crippen molar-refractivity contribution in [1.29, 1.82) is 0 Å². The van der Waals surface area contributed by atoms with E-state index in [1.807, 2.05) is 72.8 Å². The Balaban J connectivity index is 1.89. The SMILES string of the molecule is O=[P](c1ccccc1)c1ccc(-c2ccccc2)cc1. The van der Waals surface area contributed by atoms with Gasteiger partial charge in [0.25, 0.3) is 0 Å². The summed E-state index contributed by atoms with van der Waals surface area (Å²) in [6, 6.07) is 27.7. The zero-order valence-corrected chi connectivity index (χ0v) is 11.8. The Hall–Kier alpha value is -2.24. The maximum absolute atomic E-state index is 12.4. The van der Waals surface area contributed by atoms with Gasteiger partial charge in [-0.2, -0.15) is 0 Å². The Morgan fingerprint density at radius 3 is 1.55 bits per heavy atom. The standard InChI is InChI=1S/C18H14OP/c19-20(17-9-5-2-6-10-17)18-13-11-16(12-14-18)15-7-3-1-4-8-15/h1-14H. The quantitative estimate of drug-likeness (QED) is 0.658. The summed E-state index contributed by atoms with van der Waals surface area (Å²) in [4.78, 5) is 0. The predicted molar refractivity (Wildman–Crippen MR) is 85.2 cm³/mol. The molecule has 1 radical (unpaired) electrons. The monoisotopic (exact) mass is 277 g/mol. The van der Waals surface area contributed by atoms with E-state index in [-0.39, 0.29) is 0 Å². The molecule has 0 saturated carbocycles. The average molecular weight is 277 g/mol. The van der Waals surface area contributed by atoms with Crippen molar-refractivity contribution in [3.8, 4) is 11.1 Å². The van der Waals surface area contributed by atoms with E-state index in [2.05, 4.69) is 12.1 Å². The van der Waals surface area contributed by atoms with Crippen molar-refractivity contribution in [3.05, 3.63) is 84.9 Å². The minimum atomic E-state index is -1.50. The van der Waals surface area contributed by atoms with Gasteiger partial charge in [-0.1, -0.05) is 60.7 Å². The number of hydrogen-bond acceptors (Lipinski definition) is 1. The van der Waals surface area contributed by atoms with Crippen molar-refractivity contribution < 1.29 is 4.57 Å². The van der Waals surface area contributed by atoms with Crippen molar-refractivity contribution in [3.63, 3.8) is 0 Å². The number of benzene rings is 3. The van der Waals surface area contributed by atoms with Crippen LogP contribution >= 0.6 is 7.80 Å². The highest BCUT2D eigenvalue weighted by Crippen LogP contribution is 2.22. The molecule has 0 aliphatic carbocycles. The lowest BCUT2D eigenvalue weighted by molar-refractivity contribution is 0.598. The Bertz CT molecular complexity index is 703. The van der Waals surface area contributed by atoms with Gasteiger partial charge in [-0.05, 0) is 35.4 Å². The molecule has 2 heteroatoms. The highest BCUT2D eigenvalue weighted by molar-refractivity contribution is 7.61. The van der Waals surface area contributed by atoms with E-state index >= 15 is 0 Å². The van der Waals surface area contributed by atoms with Gasteiger partial charge in [0.1, 0.15) is 7.80 Å². The van der Waals surface area contributed by atoms with Gasteiger partial charge in [-0.3, -0.25) is 4.57 Å². The molecule has 0 amide bonds. The summed E-state index contributed by atoms with van der Waals surface area (Å²) in [5, 5.41) is 1.74. The van der Waals surface area contributed by atoms with Crippen molar-refractivity contribution in [2.24, 2.45) is 0 Å². The van der Waals surface area contributed by atoms with Crippen LogP contribution in [0.1, 0.15) is 0 Å². The summed E-state index contributed by atoms with van der Waals surface area (Å²) in [7, 11) is -1.50. The second-order valence-corrected chi connectivity index (χ2v) is 6.16. The second kappa shape index (κ2) is 5.81. The van der Waals surface area contributed by atoms with Crippen molar-refractivity contribution in [2.75, 3.05) is 0 Å². The van der Waals surface area contributed by atoms with Crippen molar-refractivity contribution in [2.45, 2.75) is 0 Å². The Labute approximate surface area is 119 Å². The first-order valence-corrected chi connectivity index (χ1v) is 7.78. The van der Waals surface area contributed by atoms with Crippen LogP contribution in [0.5, 0.6) is 0 Å². The molecule has 0 saturated heterocycles. The Kier molecular flexibility index (Phi) is 3.71. The van der Waals surface area contributed by atoms with Crippen LogP contribution in [0.2, 0.25) is 0 Å². The molecule has 0 aromatic heterocycles. The molecule has 0 aliphatic rings. The molecule has 97 valence electrons. The van der Waals surface area contributed by atoms with Gasteiger partial charge < -0.3 is 0 Å². The van der Waals surface area contributed by atoms with Gasteiger partial charge in [-0.25, -0.2) is 0 Å². The third-order valence-corrected chi connectivity index (χ3v) is 4.73. The first-order chi connectivity index (χ1) is 9.84. The highest BCUT2D eigenvalue weighted by Gasteiger charge is 2.07. The Morgan fingerprint density at radius 1 is 0.500 bits per heavy atom. The second-order valence-electron chi connectivity index (χ2n) is 4.54. The zero-order valence-electron chi connectivity index (χ0n) is 10.9.